The second-order valence-electron chi connectivity index (χ2n) is 10.3. The number of rotatable bonds is 9. The van der Waals surface area contributed by atoms with Crippen LogP contribution in [-0.2, 0) is 30.5 Å². The fourth-order valence-electron chi connectivity index (χ4n) is 5.49. The Labute approximate surface area is 218 Å². The van der Waals surface area contributed by atoms with Crippen molar-refractivity contribution in [2.75, 3.05) is 13.1 Å². The van der Waals surface area contributed by atoms with Gasteiger partial charge in [0.05, 0.1) is 5.69 Å². The molecule has 0 spiro atoms. The van der Waals surface area contributed by atoms with Crippen LogP contribution in [-0.4, -0.2) is 53.5 Å². The van der Waals surface area contributed by atoms with E-state index in [1.54, 1.807) is 0 Å². The normalized spacial score (nSPS) is 15.8. The van der Waals surface area contributed by atoms with Gasteiger partial charge < -0.3 is 4.90 Å². The predicted octanol–water partition coefficient (Wildman–Crippen LogP) is 4.58. The molecule has 8 heteroatoms. The van der Waals surface area contributed by atoms with Crippen molar-refractivity contribution in [3.05, 3.63) is 70.8 Å². The molecule has 0 bridgehead atoms. The summed E-state index contributed by atoms with van der Waals surface area (Å²) in [6.45, 7) is 10.2. The molecule has 1 saturated heterocycles. The number of benzene rings is 1. The van der Waals surface area contributed by atoms with Crippen LogP contribution in [0.25, 0.3) is 11.5 Å². The number of likely N-dealkylation sites (tertiary alicyclic amines) is 1. The van der Waals surface area contributed by atoms with Crippen molar-refractivity contribution < 1.29 is 4.79 Å². The topological polar surface area (TPSA) is 81.2 Å². The van der Waals surface area contributed by atoms with Crippen LogP contribution in [0.5, 0.6) is 0 Å². The molecule has 1 unspecified atom stereocenters. The van der Waals surface area contributed by atoms with Crippen molar-refractivity contribution in [3.63, 3.8) is 0 Å². The molecule has 0 N–H and O–H groups in total. The summed E-state index contributed by atoms with van der Waals surface area (Å²) in [4.78, 5) is 15.2. The predicted molar refractivity (Wildman–Crippen MR) is 144 cm³/mol. The average Bonchev–Trinajstić information content (AvgIpc) is 3.64. The van der Waals surface area contributed by atoms with Gasteiger partial charge in [0.2, 0.25) is 5.91 Å². The van der Waals surface area contributed by atoms with Gasteiger partial charge in [-0.2, -0.15) is 9.61 Å². The molecule has 194 valence electrons. The van der Waals surface area contributed by atoms with Gasteiger partial charge in [-0.15, -0.1) is 15.3 Å². The minimum atomic E-state index is 0.215. The maximum Gasteiger partial charge on any atom is 0.222 e. The van der Waals surface area contributed by atoms with Crippen LogP contribution in [0.1, 0.15) is 74.8 Å². The number of aromatic nitrogens is 6. The Kier molecular flexibility index (Phi) is 7.35. The molecule has 0 aliphatic carbocycles. The fraction of sp³-hybridized carbons (Fsp3) is 0.483. The second kappa shape index (κ2) is 10.8. The zero-order chi connectivity index (χ0) is 25.9. The lowest BCUT2D eigenvalue weighted by atomic mass is 9.99. The molecule has 5 rings (SSSR count). The lowest BCUT2D eigenvalue weighted by Gasteiger charge is -2.17. The van der Waals surface area contributed by atoms with Crippen molar-refractivity contribution in [2.45, 2.75) is 72.1 Å². The molecule has 37 heavy (non-hydrogen) atoms. The average molecular weight is 500 g/mol. The van der Waals surface area contributed by atoms with Crippen LogP contribution in [0, 0.1) is 5.92 Å². The highest BCUT2D eigenvalue weighted by molar-refractivity contribution is 5.76. The molecule has 4 heterocycles. The van der Waals surface area contributed by atoms with Crippen molar-refractivity contribution in [3.8, 4) is 5.82 Å². The standard InChI is InChI=1S/C29H37N7O/c1-5-24-23(12-15-28(37)34-17-16-22(19-34)18-21-10-8-7-9-11-21)25(6-2)35(32-24)27-14-13-26-30-31-29(20(3)4)36(26)33-27/h7-11,13-14,20,22H,5-6,12,15-19H2,1-4H3. The number of hydrogen-bond acceptors (Lipinski definition) is 5. The number of aryl methyl sites for hydroxylation is 1. The number of carbonyl (C=O) groups is 1. The molecule has 1 fully saturated rings. The Morgan fingerprint density at radius 1 is 1.03 bits per heavy atom. The van der Waals surface area contributed by atoms with Crippen molar-refractivity contribution in [1.82, 2.24) is 34.5 Å². The second-order valence-corrected chi connectivity index (χ2v) is 10.3. The Hall–Kier alpha value is -3.55. The molecule has 1 amide bonds. The summed E-state index contributed by atoms with van der Waals surface area (Å²) >= 11 is 0. The van der Waals surface area contributed by atoms with Gasteiger partial charge >= 0.3 is 0 Å². The minimum Gasteiger partial charge on any atom is -0.342 e. The van der Waals surface area contributed by atoms with Crippen LogP contribution >= 0.6 is 0 Å². The van der Waals surface area contributed by atoms with Gasteiger partial charge in [0, 0.05) is 31.1 Å². The van der Waals surface area contributed by atoms with Crippen molar-refractivity contribution in [2.24, 2.45) is 5.92 Å². The smallest absolute Gasteiger partial charge is 0.222 e. The van der Waals surface area contributed by atoms with Crippen LogP contribution in [0.3, 0.4) is 0 Å². The first kappa shape index (κ1) is 25.1. The number of carbonyl (C=O) groups excluding carboxylic acids is 1. The van der Waals surface area contributed by atoms with E-state index < -0.39 is 0 Å². The summed E-state index contributed by atoms with van der Waals surface area (Å²) in [7, 11) is 0. The van der Waals surface area contributed by atoms with E-state index >= 15 is 0 Å². The Morgan fingerprint density at radius 3 is 2.57 bits per heavy atom. The maximum absolute atomic E-state index is 13.2. The highest BCUT2D eigenvalue weighted by Crippen LogP contribution is 2.25. The van der Waals surface area contributed by atoms with E-state index in [0.717, 1.165) is 67.5 Å². The van der Waals surface area contributed by atoms with Gasteiger partial charge in [0.25, 0.3) is 0 Å². The number of fused-ring (bicyclic) bond motifs is 1. The Morgan fingerprint density at radius 2 is 1.84 bits per heavy atom. The summed E-state index contributed by atoms with van der Waals surface area (Å²) in [5.74, 6) is 2.59. The van der Waals surface area contributed by atoms with Crippen molar-refractivity contribution in [1.29, 1.82) is 0 Å². The largest absolute Gasteiger partial charge is 0.342 e. The molecule has 1 atom stereocenters. The molecule has 1 aromatic carbocycles. The van der Waals surface area contributed by atoms with Gasteiger partial charge in [-0.05, 0) is 61.3 Å². The first-order chi connectivity index (χ1) is 18.0. The van der Waals surface area contributed by atoms with Crippen LogP contribution in [0.2, 0.25) is 0 Å². The third kappa shape index (κ3) is 5.15. The molecule has 8 nitrogen and oxygen atoms in total. The number of amides is 1. The molecule has 0 saturated carbocycles. The zero-order valence-electron chi connectivity index (χ0n) is 22.4. The van der Waals surface area contributed by atoms with Crippen molar-refractivity contribution >= 4 is 11.6 Å². The van der Waals surface area contributed by atoms with E-state index in [4.69, 9.17) is 10.2 Å². The third-order valence-electron chi connectivity index (χ3n) is 7.44. The molecule has 4 aromatic rings. The zero-order valence-corrected chi connectivity index (χ0v) is 22.4. The van der Waals surface area contributed by atoms with Crippen LogP contribution in [0.4, 0.5) is 0 Å². The molecule has 1 aliphatic rings. The van der Waals surface area contributed by atoms with Gasteiger partial charge in [-0.1, -0.05) is 58.0 Å². The lowest BCUT2D eigenvalue weighted by Crippen LogP contribution is -2.29. The SMILES string of the molecule is CCc1nn(-c2ccc3nnc(C(C)C)n3n2)c(CC)c1CCC(=O)N1CCC(Cc2ccccc2)C1. The summed E-state index contributed by atoms with van der Waals surface area (Å²) in [6.07, 6.45) is 4.97. The number of nitrogens with zero attached hydrogens (tertiary/aromatic N) is 7. The highest BCUT2D eigenvalue weighted by atomic mass is 16.2. The van der Waals surface area contributed by atoms with E-state index in [2.05, 4.69) is 73.1 Å². The van der Waals surface area contributed by atoms with Crippen LogP contribution in [0.15, 0.2) is 42.5 Å². The monoisotopic (exact) mass is 499 g/mol. The molecule has 0 radical (unpaired) electrons. The van der Waals surface area contributed by atoms with E-state index in [-0.39, 0.29) is 11.8 Å². The summed E-state index contributed by atoms with van der Waals surface area (Å²) in [6, 6.07) is 14.5. The van der Waals surface area contributed by atoms with Gasteiger partial charge in [0.15, 0.2) is 17.3 Å². The minimum absolute atomic E-state index is 0.215. The number of hydrogen-bond donors (Lipinski definition) is 0. The molecule has 1 aliphatic heterocycles. The van der Waals surface area contributed by atoms with Crippen LogP contribution < -0.4 is 0 Å². The molecular formula is C29H37N7O. The van der Waals surface area contributed by atoms with E-state index in [9.17, 15) is 4.79 Å². The fourth-order valence-corrected chi connectivity index (χ4v) is 5.49. The summed E-state index contributed by atoms with van der Waals surface area (Å²) in [5.41, 5.74) is 5.44. The van der Waals surface area contributed by atoms with E-state index in [0.29, 0.717) is 18.8 Å². The van der Waals surface area contributed by atoms with Gasteiger partial charge in [-0.3, -0.25) is 4.79 Å². The first-order valence-electron chi connectivity index (χ1n) is 13.6. The summed E-state index contributed by atoms with van der Waals surface area (Å²) in [5, 5.41) is 18.3. The Bertz CT molecular complexity index is 1370. The van der Waals surface area contributed by atoms with E-state index in [1.165, 1.54) is 11.1 Å². The third-order valence-corrected chi connectivity index (χ3v) is 7.44. The van der Waals surface area contributed by atoms with E-state index in [1.807, 2.05) is 21.3 Å². The molecular weight excluding hydrogens is 462 g/mol. The van der Waals surface area contributed by atoms with Gasteiger partial charge in [-0.25, -0.2) is 4.68 Å². The quantitative estimate of drug-likeness (QED) is 0.337. The summed E-state index contributed by atoms with van der Waals surface area (Å²) < 4.78 is 3.77. The van der Waals surface area contributed by atoms with Gasteiger partial charge in [0.1, 0.15) is 0 Å². The first-order valence-corrected chi connectivity index (χ1v) is 13.6. The Balaban J connectivity index is 1.31. The lowest BCUT2D eigenvalue weighted by molar-refractivity contribution is -0.130. The highest BCUT2D eigenvalue weighted by Gasteiger charge is 2.27. The maximum atomic E-state index is 13.2. The molecule has 3 aromatic heterocycles.